The van der Waals surface area contributed by atoms with E-state index >= 15 is 8.78 Å². The van der Waals surface area contributed by atoms with Crippen molar-refractivity contribution in [1.82, 2.24) is 29.1 Å². The van der Waals surface area contributed by atoms with Gasteiger partial charge in [0.25, 0.3) is 5.56 Å². The quantitative estimate of drug-likeness (QED) is 0.109. The molecule has 2 aliphatic heterocycles. The number of phosphoric acid groups is 1. The highest BCUT2D eigenvalue weighted by Gasteiger charge is 2.51. The summed E-state index contributed by atoms with van der Waals surface area (Å²) >= 11 is 3.37. The molecule has 0 aliphatic carbocycles. The van der Waals surface area contributed by atoms with E-state index in [1.165, 1.54) is 10.9 Å². The Hall–Kier alpha value is -3.36. The van der Waals surface area contributed by atoms with Crippen LogP contribution in [-0.2, 0) is 32.2 Å². The number of halogens is 2. The fourth-order valence-electron chi connectivity index (χ4n) is 5.30. The van der Waals surface area contributed by atoms with Gasteiger partial charge in [-0.25, -0.2) is 37.7 Å². The van der Waals surface area contributed by atoms with Crippen molar-refractivity contribution < 1.29 is 50.7 Å². The van der Waals surface area contributed by atoms with Gasteiger partial charge in [-0.3, -0.25) is 32.5 Å². The number of thiol groups is 1. The number of aromatic nitrogens is 6. The molecule has 2 saturated heterocycles. The predicted molar refractivity (Wildman–Crippen MR) is 164 cm³/mol. The Morgan fingerprint density at radius 2 is 1.79 bits per heavy atom. The molecular formula is C25H27F2N7O11P2S. The number of nitrogen functional groups attached to an aromatic ring is 1. The average molecular weight is 734 g/mol. The van der Waals surface area contributed by atoms with Crippen LogP contribution in [0.4, 0.5) is 14.6 Å². The minimum absolute atomic E-state index is 0.0418. The fourth-order valence-corrected chi connectivity index (χ4v) is 6.79. The molecule has 0 amide bonds. The van der Waals surface area contributed by atoms with Crippen molar-refractivity contribution in [3.05, 3.63) is 70.0 Å². The number of alkyl halides is 2. The summed E-state index contributed by atoms with van der Waals surface area (Å²) < 4.78 is 83.7. The molecule has 0 radical (unpaired) electrons. The molecule has 1 aromatic carbocycles. The van der Waals surface area contributed by atoms with Gasteiger partial charge in [-0.15, -0.1) is 0 Å². The van der Waals surface area contributed by atoms with E-state index in [0.29, 0.717) is 5.56 Å². The molecular weight excluding hydrogens is 706 g/mol. The molecule has 0 spiro atoms. The molecule has 258 valence electrons. The summed E-state index contributed by atoms with van der Waals surface area (Å²) in [6, 6.07) is 8.07. The van der Waals surface area contributed by atoms with Crippen LogP contribution >= 0.6 is 26.9 Å². The number of nitrogens with zero attached hydrogens (tertiary/aromatic N) is 5. The van der Waals surface area contributed by atoms with Gasteiger partial charge in [-0.1, -0.05) is 42.6 Å². The van der Waals surface area contributed by atoms with Gasteiger partial charge < -0.3 is 25.0 Å². The molecule has 5 heterocycles. The van der Waals surface area contributed by atoms with Crippen molar-refractivity contribution in [3.63, 3.8) is 0 Å². The van der Waals surface area contributed by atoms with Gasteiger partial charge in [-0.05, 0) is 5.56 Å². The Morgan fingerprint density at radius 1 is 1.04 bits per heavy atom. The number of H-pyrrole nitrogens is 1. The molecule has 4 aromatic rings. The number of rotatable bonds is 11. The number of imidazole rings is 1. The molecule has 2 aliphatic rings. The lowest BCUT2D eigenvalue weighted by atomic mass is 10.1. The van der Waals surface area contributed by atoms with Gasteiger partial charge >= 0.3 is 20.3 Å². The molecule has 6 rings (SSSR count). The predicted octanol–water partition coefficient (Wildman–Crippen LogP) is 2.04. The first kappa shape index (κ1) is 34.5. The lowest BCUT2D eigenvalue weighted by molar-refractivity contribution is -0.0568. The van der Waals surface area contributed by atoms with Crippen LogP contribution in [0.3, 0.4) is 0 Å². The highest BCUT2D eigenvalue weighted by molar-refractivity contribution is 8.44. The second kappa shape index (κ2) is 13.5. The van der Waals surface area contributed by atoms with Gasteiger partial charge in [0, 0.05) is 12.6 Å². The molecule has 0 bridgehead atoms. The summed E-state index contributed by atoms with van der Waals surface area (Å²) in [6.45, 7) is -6.01. The van der Waals surface area contributed by atoms with Crippen molar-refractivity contribution in [1.29, 1.82) is 0 Å². The van der Waals surface area contributed by atoms with E-state index in [1.54, 1.807) is 30.3 Å². The molecule has 18 nitrogen and oxygen atoms in total. The van der Waals surface area contributed by atoms with Crippen LogP contribution in [0, 0.1) is 0 Å². The van der Waals surface area contributed by atoms with E-state index in [-0.39, 0.29) is 29.0 Å². The van der Waals surface area contributed by atoms with Crippen molar-refractivity contribution in [2.24, 2.45) is 0 Å². The number of fused-ring (bicyclic) bond motifs is 1. The molecule has 23 heteroatoms. The summed E-state index contributed by atoms with van der Waals surface area (Å²) in [5.41, 5.74) is 4.63. The Balaban J connectivity index is 1.21. The van der Waals surface area contributed by atoms with Crippen molar-refractivity contribution in [2.45, 2.75) is 49.5 Å². The maximum atomic E-state index is 15.8. The Morgan fingerprint density at radius 3 is 2.52 bits per heavy atom. The molecule has 48 heavy (non-hydrogen) atoms. The third-order valence-electron chi connectivity index (χ3n) is 7.47. The number of nitrogens with two attached hydrogens (primary N) is 1. The molecule has 0 saturated carbocycles. The highest BCUT2D eigenvalue weighted by atomic mass is 32.7. The number of aromatic amines is 1. The lowest BCUT2D eigenvalue weighted by Gasteiger charge is -2.24. The summed E-state index contributed by atoms with van der Waals surface area (Å²) in [5, 5.41) is 0. The number of benzene rings is 1. The van der Waals surface area contributed by atoms with Crippen molar-refractivity contribution in [3.8, 4) is 11.1 Å². The third kappa shape index (κ3) is 7.30. The van der Waals surface area contributed by atoms with E-state index in [0.717, 1.165) is 17.1 Å². The van der Waals surface area contributed by atoms with Crippen LogP contribution in [0.1, 0.15) is 18.9 Å². The first-order valence-corrected chi connectivity index (χ1v) is 18.2. The average Bonchev–Trinajstić information content (AvgIpc) is 3.71. The Bertz CT molecular complexity index is 2020. The lowest BCUT2D eigenvalue weighted by Crippen LogP contribution is -2.38. The van der Waals surface area contributed by atoms with E-state index in [9.17, 15) is 28.5 Å². The minimum atomic E-state index is -5.23. The summed E-state index contributed by atoms with van der Waals surface area (Å²) in [7, 11) is -5.23. The normalized spacial score (nSPS) is 28.4. The minimum Gasteiger partial charge on any atom is -0.382 e. The van der Waals surface area contributed by atoms with E-state index < -0.39 is 82.2 Å². The summed E-state index contributed by atoms with van der Waals surface area (Å²) in [5.74, 6) is 0.0657. The van der Waals surface area contributed by atoms with Gasteiger partial charge in [0.2, 0.25) is 0 Å². The van der Waals surface area contributed by atoms with Crippen molar-refractivity contribution >= 4 is 43.9 Å². The van der Waals surface area contributed by atoms with Gasteiger partial charge in [-0.2, -0.15) is 0 Å². The van der Waals surface area contributed by atoms with Crippen LogP contribution in [-0.4, -0.2) is 82.7 Å². The smallest absolute Gasteiger partial charge is 0.382 e. The second-order valence-electron chi connectivity index (χ2n) is 10.7. The zero-order chi connectivity index (χ0) is 34.4. The van der Waals surface area contributed by atoms with Gasteiger partial charge in [0.15, 0.2) is 30.1 Å². The number of nitrogens with one attached hydrogen (secondary N) is 1. The Labute approximate surface area is 273 Å². The number of hydrogen-bond donors (Lipinski definition) is 5. The van der Waals surface area contributed by atoms with E-state index in [4.69, 9.17) is 24.3 Å². The summed E-state index contributed by atoms with van der Waals surface area (Å²) in [4.78, 5) is 59.5. The number of ether oxygens (including phenoxy) is 2. The molecule has 3 aromatic heterocycles. The van der Waals surface area contributed by atoms with Crippen LogP contribution < -0.4 is 17.0 Å². The van der Waals surface area contributed by atoms with Crippen LogP contribution in [0.15, 0.2) is 58.8 Å². The SMILES string of the molecule is Nc1ncnc2c1ncn2[C@@H]1OC(COP(=O)(O)O[C@@H]2[C@H](F)[C@@H](COP(=O)(O)S)O[C@H]2n2cc(-c3ccccc3)c(=O)[nH]c2=O)CC1F. The molecule has 2 fully saturated rings. The zero-order valence-electron chi connectivity index (χ0n) is 24.3. The highest BCUT2D eigenvalue weighted by Crippen LogP contribution is 2.52. The maximum absolute atomic E-state index is 15.8. The maximum Gasteiger partial charge on any atom is 0.472 e. The van der Waals surface area contributed by atoms with Crippen LogP contribution in [0.25, 0.3) is 22.3 Å². The van der Waals surface area contributed by atoms with Crippen LogP contribution in [0.5, 0.6) is 0 Å². The van der Waals surface area contributed by atoms with Crippen LogP contribution in [0.2, 0.25) is 0 Å². The monoisotopic (exact) mass is 733 g/mol. The van der Waals surface area contributed by atoms with E-state index in [2.05, 4.69) is 36.7 Å². The fraction of sp³-hybridized carbons (Fsp3) is 0.400. The Kier molecular flexibility index (Phi) is 9.71. The standard InChI is InChI=1S/C25H27F2N7O11P2S/c26-15-6-13(43-23(15)34-11-31-18-20(28)29-10-30-21(18)34)8-41-46(37,38)45-19-17(27)16(9-42-47(39,40)48)44-24(19)33-7-14(22(35)32-25(33)36)12-4-2-1-3-5-12/h1-5,7,10-11,13,15-17,19,23-24H,6,8-9H2,(H,37,38)(H2,28,29,30)(H,32,35,36)(H2,39,40,48)/t13?,15?,16-,17-,19-,23-,24-/m1/s1. The van der Waals surface area contributed by atoms with E-state index in [1.807, 2.05) is 0 Å². The molecule has 4 unspecified atom stereocenters. The topological polar surface area (TPSA) is 245 Å². The third-order valence-corrected chi connectivity index (χ3v) is 9.28. The second-order valence-corrected chi connectivity index (χ2v) is 14.9. The number of hydrogen-bond acceptors (Lipinski definition) is 13. The zero-order valence-corrected chi connectivity index (χ0v) is 26.9. The van der Waals surface area contributed by atoms with Crippen molar-refractivity contribution in [2.75, 3.05) is 18.9 Å². The first-order valence-electron chi connectivity index (χ1n) is 14.0. The first-order chi connectivity index (χ1) is 22.7. The molecule has 9 atom stereocenters. The number of phosphoric ester groups is 1. The van der Waals surface area contributed by atoms with Gasteiger partial charge in [0.1, 0.15) is 30.2 Å². The summed E-state index contributed by atoms with van der Waals surface area (Å²) in [6.07, 6.45) is -8.78. The molecule has 5 N–H and O–H groups in total. The number of anilines is 1. The van der Waals surface area contributed by atoms with Gasteiger partial charge in [0.05, 0.1) is 31.2 Å². The largest absolute Gasteiger partial charge is 0.472 e.